The minimum Gasteiger partial charge on any atom is -0.493 e. The molecule has 0 heterocycles. The molecule has 7 heteroatoms. The van der Waals surface area contributed by atoms with Gasteiger partial charge in [0, 0.05) is 23.1 Å². The van der Waals surface area contributed by atoms with Gasteiger partial charge in [0.25, 0.3) is 5.91 Å². The third-order valence-electron chi connectivity index (χ3n) is 7.88. The standard InChI is InChI=1S/C33H47ClN2O4/c1-10-31(6,7)23-20-25(32(8,9)11-2)26(40-19-15-18-27(35)37)21-24(23)33(34,28(38)30(3,4)5)29(39)36-22-16-13-12-14-17-22/h12-14,16-17,20-21H,10-11,15,18-19H2,1-9H3,(H2,35,37)(H,36,39). The van der Waals surface area contributed by atoms with Crippen LogP contribution < -0.4 is 15.8 Å². The highest BCUT2D eigenvalue weighted by Crippen LogP contribution is 2.48. The van der Waals surface area contributed by atoms with E-state index < -0.39 is 33.3 Å². The molecule has 40 heavy (non-hydrogen) atoms. The van der Waals surface area contributed by atoms with E-state index in [-0.39, 0.29) is 18.4 Å². The SMILES string of the molecule is CCC(C)(C)c1cc(C(C)(C)CC)c(C(Cl)(C(=O)Nc2ccccc2)C(=O)C(C)(C)C)cc1OCCCC(N)=O. The first kappa shape index (κ1) is 33.3. The number of rotatable bonds is 13. The van der Waals surface area contributed by atoms with Crippen molar-refractivity contribution in [3.05, 3.63) is 59.2 Å². The Bertz CT molecular complexity index is 1210. The van der Waals surface area contributed by atoms with E-state index >= 15 is 0 Å². The van der Waals surface area contributed by atoms with E-state index in [0.717, 1.165) is 24.0 Å². The van der Waals surface area contributed by atoms with Crippen molar-refractivity contribution >= 4 is 34.9 Å². The number of halogens is 1. The fraction of sp³-hybridized carbons (Fsp3) is 0.545. The van der Waals surface area contributed by atoms with Crippen LogP contribution in [0.15, 0.2) is 42.5 Å². The van der Waals surface area contributed by atoms with Crippen molar-refractivity contribution in [2.45, 2.75) is 104 Å². The molecule has 0 saturated carbocycles. The van der Waals surface area contributed by atoms with E-state index in [9.17, 15) is 14.4 Å². The van der Waals surface area contributed by atoms with Gasteiger partial charge < -0.3 is 15.8 Å². The number of alkyl halides is 1. The first-order valence-electron chi connectivity index (χ1n) is 14.1. The highest BCUT2D eigenvalue weighted by Gasteiger charge is 2.52. The molecule has 0 fully saturated rings. The Hall–Kier alpha value is -2.86. The molecule has 3 N–H and O–H groups in total. The van der Waals surface area contributed by atoms with Gasteiger partial charge in [-0.2, -0.15) is 0 Å². The number of Topliss-reactive ketones (excluding diaryl/α,β-unsaturated/α-hetero) is 1. The van der Waals surface area contributed by atoms with Crippen LogP contribution in [0.2, 0.25) is 0 Å². The Labute approximate surface area is 245 Å². The molecule has 1 unspecified atom stereocenters. The molecule has 2 aromatic carbocycles. The van der Waals surface area contributed by atoms with Crippen LogP contribution in [0.3, 0.4) is 0 Å². The Balaban J connectivity index is 2.92. The Morgan fingerprint density at radius 3 is 1.90 bits per heavy atom. The van der Waals surface area contributed by atoms with Crippen LogP contribution in [0.1, 0.15) is 105 Å². The summed E-state index contributed by atoms with van der Waals surface area (Å²) in [5, 5.41) is 2.89. The van der Waals surface area contributed by atoms with Crippen LogP contribution in [-0.2, 0) is 30.1 Å². The molecule has 0 bridgehead atoms. The highest BCUT2D eigenvalue weighted by molar-refractivity contribution is 6.48. The summed E-state index contributed by atoms with van der Waals surface area (Å²) in [4.78, 5) is 37.6. The predicted octanol–water partition coefficient (Wildman–Crippen LogP) is 7.39. The monoisotopic (exact) mass is 570 g/mol. The molecule has 1 atom stereocenters. The second kappa shape index (κ2) is 12.8. The smallest absolute Gasteiger partial charge is 0.257 e. The number of ketones is 1. The molecule has 2 aromatic rings. The number of carbonyl (C=O) groups is 3. The summed E-state index contributed by atoms with van der Waals surface area (Å²) in [6.45, 7) is 18.2. The number of nitrogens with two attached hydrogens (primary N) is 1. The summed E-state index contributed by atoms with van der Waals surface area (Å²) in [7, 11) is 0. The number of carbonyl (C=O) groups excluding carboxylic acids is 3. The van der Waals surface area contributed by atoms with Crippen molar-refractivity contribution in [2.75, 3.05) is 11.9 Å². The Morgan fingerprint density at radius 2 is 1.40 bits per heavy atom. The first-order valence-corrected chi connectivity index (χ1v) is 14.5. The van der Waals surface area contributed by atoms with Gasteiger partial charge in [-0.1, -0.05) is 98.2 Å². The second-order valence-electron chi connectivity index (χ2n) is 12.8. The molecule has 0 aliphatic heterocycles. The number of amides is 2. The lowest BCUT2D eigenvalue weighted by atomic mass is 9.69. The number of nitrogens with one attached hydrogen (secondary N) is 1. The minimum atomic E-state index is -2.03. The number of ether oxygens (including phenoxy) is 1. The quantitative estimate of drug-likeness (QED) is 0.149. The van der Waals surface area contributed by atoms with E-state index in [0.29, 0.717) is 23.4 Å². The topological polar surface area (TPSA) is 98.5 Å². The number of benzene rings is 2. The third-order valence-corrected chi connectivity index (χ3v) is 8.43. The number of para-hydroxylation sites is 1. The van der Waals surface area contributed by atoms with Crippen molar-refractivity contribution in [1.29, 1.82) is 0 Å². The summed E-state index contributed by atoms with van der Waals surface area (Å²) in [5.41, 5.74) is 6.46. The van der Waals surface area contributed by atoms with Crippen LogP contribution in [0.4, 0.5) is 5.69 Å². The van der Waals surface area contributed by atoms with Crippen LogP contribution >= 0.6 is 11.6 Å². The molecule has 0 radical (unpaired) electrons. The fourth-order valence-electron chi connectivity index (χ4n) is 4.49. The average molecular weight is 571 g/mol. The van der Waals surface area contributed by atoms with Crippen molar-refractivity contribution in [3.63, 3.8) is 0 Å². The van der Waals surface area contributed by atoms with Gasteiger partial charge in [-0.05, 0) is 59.4 Å². The zero-order valence-corrected chi connectivity index (χ0v) is 26.4. The lowest BCUT2D eigenvalue weighted by Crippen LogP contribution is -2.49. The zero-order valence-electron chi connectivity index (χ0n) is 25.7. The summed E-state index contributed by atoms with van der Waals surface area (Å²) >= 11 is 7.37. The van der Waals surface area contributed by atoms with Gasteiger partial charge in [-0.15, -0.1) is 0 Å². The van der Waals surface area contributed by atoms with Crippen molar-refractivity contribution in [1.82, 2.24) is 0 Å². The van der Waals surface area contributed by atoms with E-state index in [2.05, 4.69) is 52.9 Å². The van der Waals surface area contributed by atoms with Crippen molar-refractivity contribution < 1.29 is 19.1 Å². The summed E-state index contributed by atoms with van der Waals surface area (Å²) < 4.78 is 6.27. The number of hydrogen-bond acceptors (Lipinski definition) is 4. The maximum atomic E-state index is 14.2. The van der Waals surface area contributed by atoms with Gasteiger partial charge >= 0.3 is 0 Å². The van der Waals surface area contributed by atoms with E-state index in [4.69, 9.17) is 22.1 Å². The van der Waals surface area contributed by atoms with Crippen molar-refractivity contribution in [2.24, 2.45) is 11.1 Å². The molecular weight excluding hydrogens is 524 g/mol. The zero-order chi connectivity index (χ0) is 30.5. The van der Waals surface area contributed by atoms with Gasteiger partial charge in [0.1, 0.15) is 5.75 Å². The maximum absolute atomic E-state index is 14.2. The normalized spacial score (nSPS) is 13.8. The summed E-state index contributed by atoms with van der Waals surface area (Å²) in [6, 6.07) is 12.8. The molecular formula is C33H47ClN2O4. The summed E-state index contributed by atoms with van der Waals surface area (Å²) in [6.07, 6.45) is 2.22. The third kappa shape index (κ3) is 7.45. The van der Waals surface area contributed by atoms with Crippen molar-refractivity contribution in [3.8, 4) is 5.75 Å². The molecule has 0 aliphatic rings. The van der Waals surface area contributed by atoms with E-state index in [1.165, 1.54) is 0 Å². The lowest BCUT2D eigenvalue weighted by Gasteiger charge is -2.38. The summed E-state index contributed by atoms with van der Waals surface area (Å²) in [5.74, 6) is -0.881. The molecule has 0 spiro atoms. The number of primary amides is 1. The molecule has 2 amide bonds. The highest BCUT2D eigenvalue weighted by atomic mass is 35.5. The van der Waals surface area contributed by atoms with Gasteiger partial charge in [-0.25, -0.2) is 0 Å². The molecule has 2 rings (SSSR count). The predicted molar refractivity (Wildman–Crippen MR) is 164 cm³/mol. The molecule has 220 valence electrons. The lowest BCUT2D eigenvalue weighted by molar-refractivity contribution is -0.135. The van der Waals surface area contributed by atoms with Gasteiger partial charge in [0.2, 0.25) is 10.8 Å². The Kier molecular flexibility index (Phi) is 10.6. The number of anilines is 1. The average Bonchev–Trinajstić information content (AvgIpc) is 2.89. The minimum absolute atomic E-state index is 0.196. The number of hydrogen-bond donors (Lipinski definition) is 2. The largest absolute Gasteiger partial charge is 0.493 e. The second-order valence-corrected chi connectivity index (χ2v) is 13.4. The van der Waals surface area contributed by atoms with Crippen LogP contribution in [0, 0.1) is 5.41 Å². The molecule has 0 aliphatic carbocycles. The molecule has 6 nitrogen and oxygen atoms in total. The van der Waals surface area contributed by atoms with Gasteiger partial charge in [0.05, 0.1) is 6.61 Å². The van der Waals surface area contributed by atoms with Crippen LogP contribution in [0.5, 0.6) is 5.75 Å². The van der Waals surface area contributed by atoms with E-state index in [1.807, 2.05) is 18.2 Å². The Morgan fingerprint density at radius 1 is 0.850 bits per heavy atom. The molecule has 0 saturated heterocycles. The fourth-order valence-corrected chi connectivity index (χ4v) is 4.97. The van der Waals surface area contributed by atoms with Gasteiger partial charge in [-0.3, -0.25) is 14.4 Å². The molecule has 0 aromatic heterocycles. The van der Waals surface area contributed by atoms with Gasteiger partial charge in [0.15, 0.2) is 5.78 Å². The van der Waals surface area contributed by atoms with E-state index in [1.54, 1.807) is 39.0 Å². The van der Waals surface area contributed by atoms with Crippen LogP contribution in [0.25, 0.3) is 0 Å². The maximum Gasteiger partial charge on any atom is 0.257 e. The van der Waals surface area contributed by atoms with Crippen LogP contribution in [-0.4, -0.2) is 24.2 Å². The first-order chi connectivity index (χ1) is 18.4.